The molecule has 8 nitrogen and oxygen atoms in total. The van der Waals surface area contributed by atoms with Crippen molar-refractivity contribution in [2.24, 2.45) is 7.05 Å². The fraction of sp³-hybridized carbons (Fsp3) is 0.318. The molecule has 3 aromatic rings. The average molecular weight is 403 g/mol. The van der Waals surface area contributed by atoms with Crippen molar-refractivity contribution in [1.29, 1.82) is 0 Å². The second-order valence-electron chi connectivity index (χ2n) is 7.57. The lowest BCUT2D eigenvalue weighted by Gasteiger charge is -2.15. The molecule has 1 N–H and O–H groups in total. The predicted octanol–water partition coefficient (Wildman–Crippen LogP) is 2.99. The third kappa shape index (κ3) is 4.53. The molecule has 8 heteroatoms. The summed E-state index contributed by atoms with van der Waals surface area (Å²) in [6, 6.07) is 5.87. The molecule has 0 radical (unpaired) electrons. The second-order valence-corrected chi connectivity index (χ2v) is 7.57. The molecule has 1 aliphatic heterocycles. The van der Waals surface area contributed by atoms with Crippen LogP contribution in [0.25, 0.3) is 6.08 Å². The molecule has 0 bridgehead atoms. The molecule has 0 unspecified atom stereocenters. The lowest BCUT2D eigenvalue weighted by molar-refractivity contribution is -0.124. The first-order valence-corrected chi connectivity index (χ1v) is 9.98. The van der Waals surface area contributed by atoms with Crippen LogP contribution in [0.3, 0.4) is 0 Å². The van der Waals surface area contributed by atoms with Crippen LogP contribution in [0.15, 0.2) is 42.9 Å². The number of hydrogen-bond donors (Lipinski definition) is 1. The summed E-state index contributed by atoms with van der Waals surface area (Å²) in [6.45, 7) is 5.25. The number of rotatable bonds is 5. The monoisotopic (exact) mass is 403 g/mol. The molecule has 1 aliphatic rings. The van der Waals surface area contributed by atoms with Gasteiger partial charge in [-0.05, 0) is 38.0 Å². The number of pyridine rings is 1. The van der Waals surface area contributed by atoms with Crippen LogP contribution in [-0.2, 0) is 11.8 Å². The van der Waals surface area contributed by atoms with Gasteiger partial charge in [-0.3, -0.25) is 9.48 Å². The molecule has 0 spiro atoms. The van der Waals surface area contributed by atoms with E-state index in [1.807, 2.05) is 50.2 Å². The number of nitrogens with zero attached hydrogens (tertiary/aromatic N) is 6. The topological polar surface area (TPSA) is 88.8 Å². The van der Waals surface area contributed by atoms with Crippen LogP contribution in [0.4, 0.5) is 11.6 Å². The first kappa shape index (κ1) is 19.8. The summed E-state index contributed by atoms with van der Waals surface area (Å²) in [5.74, 6) is 2.40. The molecule has 0 saturated carbocycles. The lowest BCUT2D eigenvalue weighted by atomic mass is 10.0. The number of likely N-dealkylation sites (tertiary alicyclic amines) is 1. The predicted molar refractivity (Wildman–Crippen MR) is 115 cm³/mol. The third-order valence-corrected chi connectivity index (χ3v) is 5.18. The normalized spacial score (nSPS) is 16.4. The number of aromatic nitrogens is 5. The second kappa shape index (κ2) is 8.44. The Morgan fingerprint density at radius 1 is 1.30 bits per heavy atom. The molecule has 1 fully saturated rings. The number of anilines is 2. The van der Waals surface area contributed by atoms with Gasteiger partial charge in [-0.1, -0.05) is 6.07 Å². The molecule has 3 aromatic heterocycles. The number of carbonyl (C=O) groups excluding carboxylic acids is 1. The molecule has 0 aromatic carbocycles. The number of aryl methyl sites for hydroxylation is 3. The van der Waals surface area contributed by atoms with Gasteiger partial charge in [-0.25, -0.2) is 15.0 Å². The van der Waals surface area contributed by atoms with Crippen molar-refractivity contribution in [2.45, 2.75) is 26.2 Å². The van der Waals surface area contributed by atoms with E-state index in [0.717, 1.165) is 34.9 Å². The average Bonchev–Trinajstić information content (AvgIpc) is 3.37. The van der Waals surface area contributed by atoms with Gasteiger partial charge in [0.15, 0.2) is 0 Å². The number of nitrogens with one attached hydrogen (secondary N) is 1. The van der Waals surface area contributed by atoms with Crippen molar-refractivity contribution in [2.75, 3.05) is 18.4 Å². The molecule has 154 valence electrons. The number of hydrogen-bond acceptors (Lipinski definition) is 6. The van der Waals surface area contributed by atoms with Crippen LogP contribution in [0.2, 0.25) is 0 Å². The molecule has 1 amide bonds. The zero-order chi connectivity index (χ0) is 21.1. The third-order valence-electron chi connectivity index (χ3n) is 5.18. The minimum atomic E-state index is 0.00888. The van der Waals surface area contributed by atoms with Gasteiger partial charge in [0, 0.05) is 56.2 Å². The van der Waals surface area contributed by atoms with Crippen LogP contribution in [0, 0.1) is 13.8 Å². The Balaban J connectivity index is 1.44. The van der Waals surface area contributed by atoms with Crippen LogP contribution >= 0.6 is 0 Å². The summed E-state index contributed by atoms with van der Waals surface area (Å²) in [7, 11) is 1.85. The van der Waals surface area contributed by atoms with Gasteiger partial charge in [0.05, 0.1) is 11.9 Å². The van der Waals surface area contributed by atoms with E-state index < -0.39 is 0 Å². The summed E-state index contributed by atoms with van der Waals surface area (Å²) in [4.78, 5) is 27.9. The van der Waals surface area contributed by atoms with Crippen molar-refractivity contribution in [3.8, 4) is 0 Å². The molecule has 1 atom stereocenters. The fourth-order valence-corrected chi connectivity index (χ4v) is 3.60. The lowest BCUT2D eigenvalue weighted by Crippen LogP contribution is -2.26. The van der Waals surface area contributed by atoms with Gasteiger partial charge in [-0.2, -0.15) is 5.10 Å². The zero-order valence-electron chi connectivity index (χ0n) is 17.4. The quantitative estimate of drug-likeness (QED) is 0.659. The summed E-state index contributed by atoms with van der Waals surface area (Å²) in [5.41, 5.74) is 2.91. The summed E-state index contributed by atoms with van der Waals surface area (Å²) in [6.07, 6.45) is 9.65. The standard InChI is InChI=1S/C22H25N7O/c1-15-5-4-9-23-22(15)27-20-11-19(25-16(2)26-20)18-8-10-29(14-18)21(30)7-6-17-12-24-28(3)13-17/h4-7,9,11-13,18H,8,10,14H2,1-3H3,(H,23,25,26,27)/b7-6+/t18-/m0/s1. The zero-order valence-corrected chi connectivity index (χ0v) is 17.4. The van der Waals surface area contributed by atoms with Crippen LogP contribution < -0.4 is 5.32 Å². The van der Waals surface area contributed by atoms with Crippen molar-refractivity contribution in [3.05, 3.63) is 65.5 Å². The van der Waals surface area contributed by atoms with E-state index in [2.05, 4.69) is 25.4 Å². The minimum absolute atomic E-state index is 0.00888. The van der Waals surface area contributed by atoms with E-state index in [9.17, 15) is 4.79 Å². The molecule has 4 heterocycles. The number of carbonyl (C=O) groups is 1. The maximum absolute atomic E-state index is 12.6. The first-order valence-electron chi connectivity index (χ1n) is 9.98. The summed E-state index contributed by atoms with van der Waals surface area (Å²) < 4.78 is 1.71. The van der Waals surface area contributed by atoms with Crippen LogP contribution in [0.5, 0.6) is 0 Å². The van der Waals surface area contributed by atoms with Gasteiger partial charge >= 0.3 is 0 Å². The van der Waals surface area contributed by atoms with Gasteiger partial charge < -0.3 is 10.2 Å². The Kier molecular flexibility index (Phi) is 5.56. The van der Waals surface area contributed by atoms with Crippen molar-refractivity contribution in [1.82, 2.24) is 29.6 Å². The molecule has 30 heavy (non-hydrogen) atoms. The van der Waals surface area contributed by atoms with E-state index in [1.165, 1.54) is 0 Å². The van der Waals surface area contributed by atoms with Crippen molar-refractivity contribution in [3.63, 3.8) is 0 Å². The van der Waals surface area contributed by atoms with Gasteiger partial charge in [0.2, 0.25) is 5.91 Å². The Morgan fingerprint density at radius 2 is 2.17 bits per heavy atom. The summed E-state index contributed by atoms with van der Waals surface area (Å²) in [5, 5.41) is 7.40. The van der Waals surface area contributed by atoms with E-state index in [1.54, 1.807) is 29.2 Å². The Hall–Kier alpha value is -3.55. The molecule has 4 rings (SSSR count). The fourth-order valence-electron chi connectivity index (χ4n) is 3.60. The highest BCUT2D eigenvalue weighted by Crippen LogP contribution is 2.28. The Labute approximate surface area is 175 Å². The highest BCUT2D eigenvalue weighted by molar-refractivity contribution is 5.92. The maximum atomic E-state index is 12.6. The van der Waals surface area contributed by atoms with Gasteiger partial charge in [0.1, 0.15) is 17.5 Å². The molecular formula is C22H25N7O. The smallest absolute Gasteiger partial charge is 0.246 e. The maximum Gasteiger partial charge on any atom is 0.246 e. The van der Waals surface area contributed by atoms with E-state index in [4.69, 9.17) is 0 Å². The highest BCUT2D eigenvalue weighted by atomic mass is 16.2. The summed E-state index contributed by atoms with van der Waals surface area (Å²) >= 11 is 0. The van der Waals surface area contributed by atoms with Gasteiger partial charge in [-0.15, -0.1) is 0 Å². The van der Waals surface area contributed by atoms with Crippen molar-refractivity contribution < 1.29 is 4.79 Å². The Bertz CT molecular complexity index is 1090. The van der Waals surface area contributed by atoms with E-state index >= 15 is 0 Å². The molecular weight excluding hydrogens is 378 g/mol. The van der Waals surface area contributed by atoms with Crippen molar-refractivity contribution >= 4 is 23.6 Å². The SMILES string of the molecule is Cc1nc(Nc2ncccc2C)cc([C@H]2CCN(C(=O)/C=C/c3cnn(C)c3)C2)n1. The largest absolute Gasteiger partial charge is 0.338 e. The van der Waals surface area contributed by atoms with Crippen LogP contribution in [-0.4, -0.2) is 48.6 Å². The van der Waals surface area contributed by atoms with E-state index in [-0.39, 0.29) is 11.8 Å². The highest BCUT2D eigenvalue weighted by Gasteiger charge is 2.27. The first-order chi connectivity index (χ1) is 14.5. The minimum Gasteiger partial charge on any atom is -0.338 e. The van der Waals surface area contributed by atoms with Crippen LogP contribution in [0.1, 0.15) is 35.0 Å². The van der Waals surface area contributed by atoms with Gasteiger partial charge in [0.25, 0.3) is 0 Å². The van der Waals surface area contributed by atoms with E-state index in [0.29, 0.717) is 18.9 Å². The Morgan fingerprint density at radius 3 is 2.93 bits per heavy atom. The molecule has 0 aliphatic carbocycles. The number of amides is 1. The molecule has 1 saturated heterocycles.